The maximum absolute atomic E-state index is 8.65. The van der Waals surface area contributed by atoms with Crippen LogP contribution in [-0.2, 0) is 0 Å². The zero-order chi connectivity index (χ0) is 13.4. The molecule has 1 aromatic rings. The van der Waals surface area contributed by atoms with Crippen molar-refractivity contribution in [3.05, 3.63) is 35.9 Å². The Morgan fingerprint density at radius 2 is 1.94 bits per heavy atom. The fraction of sp³-hybridized carbons (Fsp3) is 0.462. The third-order valence-electron chi connectivity index (χ3n) is 2.99. The van der Waals surface area contributed by atoms with Gasteiger partial charge in [0.1, 0.15) is 0 Å². The highest BCUT2D eigenvalue weighted by molar-refractivity contribution is 5.76. The minimum absolute atomic E-state index is 0.0445. The zero-order valence-electron chi connectivity index (χ0n) is 11.0. The van der Waals surface area contributed by atoms with Gasteiger partial charge in [-0.25, -0.2) is 10.5 Å². The number of nitrogens with two attached hydrogens (primary N) is 1. The minimum atomic E-state index is 0.0445. The van der Waals surface area contributed by atoms with Crippen molar-refractivity contribution >= 4 is 5.96 Å². The summed E-state index contributed by atoms with van der Waals surface area (Å²) in [4.78, 5) is 6.44. The number of hydrogen-bond donors (Lipinski definition) is 3. The summed E-state index contributed by atoms with van der Waals surface area (Å²) < 4.78 is 0. The molecule has 0 fully saturated rings. The Balaban J connectivity index is 2.88. The number of aliphatic imine (C=N–C) groups is 1. The summed E-state index contributed by atoms with van der Waals surface area (Å²) in [7, 11) is 0. The molecule has 0 spiro atoms. The molecule has 1 unspecified atom stereocenters. The normalized spacial score (nSPS) is 13.7. The van der Waals surface area contributed by atoms with Gasteiger partial charge in [-0.05, 0) is 18.7 Å². The van der Waals surface area contributed by atoms with Crippen LogP contribution in [-0.4, -0.2) is 35.7 Å². The molecule has 0 bridgehead atoms. The van der Waals surface area contributed by atoms with Crippen molar-refractivity contribution in [2.75, 3.05) is 19.6 Å². The number of benzene rings is 1. The van der Waals surface area contributed by atoms with Crippen molar-refractivity contribution in [2.45, 2.75) is 19.9 Å². The first-order valence-corrected chi connectivity index (χ1v) is 6.21. The molecule has 100 valence electrons. The van der Waals surface area contributed by atoms with E-state index in [9.17, 15) is 0 Å². The summed E-state index contributed by atoms with van der Waals surface area (Å²) in [6.45, 7) is 6.65. The third kappa shape index (κ3) is 4.01. The van der Waals surface area contributed by atoms with E-state index in [1.54, 1.807) is 0 Å². The molecule has 0 saturated heterocycles. The lowest BCUT2D eigenvalue weighted by Crippen LogP contribution is -2.33. The van der Waals surface area contributed by atoms with Gasteiger partial charge in [0, 0.05) is 0 Å². The highest BCUT2D eigenvalue weighted by atomic mass is 16.5. The largest absolute Gasteiger partial charge is 0.368 e. The van der Waals surface area contributed by atoms with Crippen LogP contribution in [0.2, 0.25) is 0 Å². The third-order valence-corrected chi connectivity index (χ3v) is 2.99. The summed E-state index contributed by atoms with van der Waals surface area (Å²) in [5, 5.41) is 8.65. The van der Waals surface area contributed by atoms with E-state index in [0.717, 1.165) is 13.1 Å². The summed E-state index contributed by atoms with van der Waals surface area (Å²) >= 11 is 0. The second-order valence-corrected chi connectivity index (χ2v) is 3.99. The number of hydrogen-bond acceptors (Lipinski definition) is 3. The number of likely N-dealkylation sites (N-methyl/N-ethyl adjacent to an activating group) is 1. The molecule has 0 aliphatic carbocycles. The van der Waals surface area contributed by atoms with E-state index in [0.29, 0.717) is 6.54 Å². The van der Waals surface area contributed by atoms with Crippen molar-refractivity contribution in [3.8, 4) is 0 Å². The number of guanidine groups is 1. The predicted molar refractivity (Wildman–Crippen MR) is 73.5 cm³/mol. The van der Waals surface area contributed by atoms with Gasteiger partial charge in [-0.15, -0.1) is 0 Å². The molecule has 0 aromatic heterocycles. The Hall–Kier alpha value is -1.59. The zero-order valence-corrected chi connectivity index (χ0v) is 11.0. The van der Waals surface area contributed by atoms with Crippen LogP contribution in [0.25, 0.3) is 0 Å². The second-order valence-electron chi connectivity index (χ2n) is 3.99. The van der Waals surface area contributed by atoms with Crippen molar-refractivity contribution in [3.63, 3.8) is 0 Å². The molecular formula is C13H22N4O. The molecule has 4 N–H and O–H groups in total. The molecule has 0 saturated carbocycles. The van der Waals surface area contributed by atoms with Gasteiger partial charge in [-0.2, -0.15) is 0 Å². The lowest BCUT2D eigenvalue weighted by Gasteiger charge is -2.28. The molecule has 1 aromatic carbocycles. The van der Waals surface area contributed by atoms with Crippen LogP contribution in [0.3, 0.4) is 0 Å². The standard InChI is InChI=1S/C13H22N4O/c1-3-17(4-2)12(10-15-13(14)16-18)11-8-6-5-7-9-11/h5-9,12,18H,3-4,10H2,1-2H3,(H3,14,15,16). The van der Waals surface area contributed by atoms with Gasteiger partial charge in [0.05, 0.1) is 12.6 Å². The van der Waals surface area contributed by atoms with Crippen LogP contribution >= 0.6 is 0 Å². The summed E-state index contributed by atoms with van der Waals surface area (Å²) in [5.41, 5.74) is 8.51. The average Bonchev–Trinajstić information content (AvgIpc) is 2.44. The topological polar surface area (TPSA) is 73.9 Å². The van der Waals surface area contributed by atoms with E-state index < -0.39 is 0 Å². The maximum Gasteiger partial charge on any atom is 0.212 e. The van der Waals surface area contributed by atoms with E-state index in [1.807, 2.05) is 23.7 Å². The van der Waals surface area contributed by atoms with Crippen molar-refractivity contribution in [2.24, 2.45) is 10.7 Å². The second kappa shape index (κ2) is 7.68. The van der Waals surface area contributed by atoms with Crippen molar-refractivity contribution in [1.29, 1.82) is 0 Å². The Bertz CT molecular complexity index is 363. The molecular weight excluding hydrogens is 228 g/mol. The van der Waals surface area contributed by atoms with Crippen LogP contribution in [0, 0.1) is 0 Å². The molecule has 0 heterocycles. The number of nitrogens with one attached hydrogen (secondary N) is 1. The average molecular weight is 250 g/mol. The van der Waals surface area contributed by atoms with Gasteiger partial charge in [0.15, 0.2) is 0 Å². The van der Waals surface area contributed by atoms with E-state index in [2.05, 4.69) is 35.9 Å². The minimum Gasteiger partial charge on any atom is -0.368 e. The molecule has 0 radical (unpaired) electrons. The first-order chi connectivity index (χ1) is 8.72. The molecule has 5 heteroatoms. The van der Waals surface area contributed by atoms with Gasteiger partial charge >= 0.3 is 0 Å². The van der Waals surface area contributed by atoms with Crippen LogP contribution in [0.5, 0.6) is 0 Å². The smallest absolute Gasteiger partial charge is 0.212 e. The van der Waals surface area contributed by atoms with Crippen molar-refractivity contribution in [1.82, 2.24) is 10.4 Å². The van der Waals surface area contributed by atoms with Gasteiger partial charge in [0.2, 0.25) is 5.96 Å². The molecule has 0 aliphatic rings. The summed E-state index contributed by atoms with van der Waals surface area (Å²) in [5.74, 6) is 0.0445. The number of nitrogens with zero attached hydrogens (tertiary/aromatic N) is 2. The maximum atomic E-state index is 8.65. The van der Waals surface area contributed by atoms with Crippen LogP contribution in [0.4, 0.5) is 0 Å². The summed E-state index contributed by atoms with van der Waals surface area (Å²) in [6, 6.07) is 10.4. The molecule has 0 amide bonds. The molecule has 18 heavy (non-hydrogen) atoms. The SMILES string of the molecule is CCN(CC)C(CN=C(N)NO)c1ccccc1. The number of rotatable bonds is 6. The first kappa shape index (κ1) is 14.5. The molecule has 0 aliphatic heterocycles. The fourth-order valence-corrected chi connectivity index (χ4v) is 1.99. The van der Waals surface area contributed by atoms with Gasteiger partial charge < -0.3 is 5.73 Å². The lowest BCUT2D eigenvalue weighted by atomic mass is 10.1. The lowest BCUT2D eigenvalue weighted by molar-refractivity contribution is 0.219. The highest BCUT2D eigenvalue weighted by Crippen LogP contribution is 2.20. The van der Waals surface area contributed by atoms with E-state index in [-0.39, 0.29) is 12.0 Å². The Morgan fingerprint density at radius 3 is 2.44 bits per heavy atom. The summed E-state index contributed by atoms with van der Waals surface area (Å²) in [6.07, 6.45) is 0. The van der Waals surface area contributed by atoms with E-state index >= 15 is 0 Å². The molecule has 1 rings (SSSR count). The first-order valence-electron chi connectivity index (χ1n) is 6.21. The Kier molecular flexibility index (Phi) is 6.18. The Morgan fingerprint density at radius 1 is 1.33 bits per heavy atom. The fourth-order valence-electron chi connectivity index (χ4n) is 1.99. The van der Waals surface area contributed by atoms with Gasteiger partial charge in [-0.3, -0.25) is 10.1 Å². The van der Waals surface area contributed by atoms with Gasteiger partial charge in [0.25, 0.3) is 0 Å². The van der Waals surface area contributed by atoms with Crippen LogP contribution < -0.4 is 11.2 Å². The van der Waals surface area contributed by atoms with Crippen LogP contribution in [0.15, 0.2) is 35.3 Å². The number of hydroxylamine groups is 1. The molecule has 5 nitrogen and oxygen atoms in total. The van der Waals surface area contributed by atoms with Crippen LogP contribution in [0.1, 0.15) is 25.5 Å². The van der Waals surface area contributed by atoms with Crippen molar-refractivity contribution < 1.29 is 5.21 Å². The highest BCUT2D eigenvalue weighted by Gasteiger charge is 2.17. The predicted octanol–water partition coefficient (Wildman–Crippen LogP) is 1.36. The van der Waals surface area contributed by atoms with E-state index in [4.69, 9.17) is 10.9 Å². The van der Waals surface area contributed by atoms with Gasteiger partial charge in [-0.1, -0.05) is 44.2 Å². The quantitative estimate of drug-likeness (QED) is 0.405. The van der Waals surface area contributed by atoms with E-state index in [1.165, 1.54) is 5.56 Å². The monoisotopic (exact) mass is 250 g/mol. The molecule has 1 atom stereocenters. The Labute approximate surface area is 108 Å².